The van der Waals surface area contributed by atoms with Gasteiger partial charge in [0, 0.05) is 5.71 Å². The van der Waals surface area contributed by atoms with Gasteiger partial charge in [-0.2, -0.15) is 0 Å². The second kappa shape index (κ2) is 2.22. The van der Waals surface area contributed by atoms with Crippen LogP contribution in [0.2, 0.25) is 0 Å². The van der Waals surface area contributed by atoms with E-state index in [1.54, 1.807) is 0 Å². The summed E-state index contributed by atoms with van der Waals surface area (Å²) in [6.07, 6.45) is 2.22. The second-order valence-corrected chi connectivity index (χ2v) is 3.79. The van der Waals surface area contributed by atoms with Crippen LogP contribution in [-0.4, -0.2) is 12.3 Å². The quantitative estimate of drug-likeness (QED) is 0.486. The summed E-state index contributed by atoms with van der Waals surface area (Å²) in [5.41, 5.74) is 2.91. The van der Waals surface area contributed by atoms with Crippen LogP contribution in [0.25, 0.3) is 0 Å². The Balaban J connectivity index is 2.85. The molecule has 0 N–H and O–H groups in total. The van der Waals surface area contributed by atoms with Crippen LogP contribution in [0.15, 0.2) is 16.6 Å². The number of aliphatic imine (C=N–C) groups is 1. The Kier molecular flexibility index (Phi) is 1.67. The zero-order valence-electron chi connectivity index (χ0n) is 7.23. The van der Waals surface area contributed by atoms with Crippen molar-refractivity contribution in [2.24, 2.45) is 10.4 Å². The van der Waals surface area contributed by atoms with Gasteiger partial charge in [-0.15, -0.1) is 0 Å². The van der Waals surface area contributed by atoms with E-state index in [2.05, 4.69) is 38.8 Å². The van der Waals surface area contributed by atoms with Gasteiger partial charge in [-0.25, -0.2) is 0 Å². The van der Waals surface area contributed by atoms with E-state index in [0.717, 1.165) is 6.54 Å². The summed E-state index contributed by atoms with van der Waals surface area (Å²) in [6.45, 7) is 9.65. The Morgan fingerprint density at radius 2 is 2.00 bits per heavy atom. The predicted octanol–water partition coefficient (Wildman–Crippen LogP) is 2.43. The van der Waals surface area contributed by atoms with E-state index in [1.807, 2.05) is 0 Å². The molecule has 1 nitrogen and oxygen atoms in total. The van der Waals surface area contributed by atoms with Gasteiger partial charge in [0.15, 0.2) is 0 Å². The maximum atomic E-state index is 4.31. The highest BCUT2D eigenvalue weighted by molar-refractivity contribution is 6.00. The highest BCUT2D eigenvalue weighted by Gasteiger charge is 2.20. The molecule has 1 aliphatic heterocycles. The Hall–Kier alpha value is -0.590. The molecule has 0 aromatic heterocycles. The first-order valence-corrected chi connectivity index (χ1v) is 3.74. The average molecular weight is 137 g/mol. The highest BCUT2D eigenvalue weighted by atomic mass is 14.8. The third-order valence-corrected chi connectivity index (χ3v) is 1.82. The zero-order valence-corrected chi connectivity index (χ0v) is 7.23. The molecule has 0 atom stereocenters. The van der Waals surface area contributed by atoms with Gasteiger partial charge < -0.3 is 0 Å². The molecule has 0 aromatic carbocycles. The summed E-state index contributed by atoms with van der Waals surface area (Å²) in [5, 5.41) is 0. The van der Waals surface area contributed by atoms with Crippen molar-refractivity contribution in [1.82, 2.24) is 0 Å². The lowest BCUT2D eigenvalue weighted by Crippen LogP contribution is -2.13. The minimum Gasteiger partial charge on any atom is -0.286 e. The number of rotatable bonds is 0. The van der Waals surface area contributed by atoms with E-state index in [9.17, 15) is 0 Å². The van der Waals surface area contributed by atoms with Crippen molar-refractivity contribution in [2.45, 2.75) is 27.7 Å². The lowest BCUT2D eigenvalue weighted by atomic mass is 9.84. The molecule has 0 saturated carbocycles. The molecular formula is C9H15N. The zero-order chi connectivity index (χ0) is 7.78. The first kappa shape index (κ1) is 7.52. The van der Waals surface area contributed by atoms with E-state index < -0.39 is 0 Å². The summed E-state index contributed by atoms with van der Waals surface area (Å²) in [5.74, 6) is 0. The molecule has 0 radical (unpaired) electrons. The van der Waals surface area contributed by atoms with Gasteiger partial charge in [-0.1, -0.05) is 26.8 Å². The van der Waals surface area contributed by atoms with Gasteiger partial charge in [0.1, 0.15) is 0 Å². The van der Waals surface area contributed by atoms with Crippen LogP contribution < -0.4 is 0 Å². The molecule has 1 heterocycles. The first-order valence-electron chi connectivity index (χ1n) is 3.74. The summed E-state index contributed by atoms with van der Waals surface area (Å²) >= 11 is 0. The topological polar surface area (TPSA) is 12.4 Å². The molecule has 1 aliphatic rings. The van der Waals surface area contributed by atoms with Crippen LogP contribution in [0.5, 0.6) is 0 Å². The van der Waals surface area contributed by atoms with E-state index >= 15 is 0 Å². The minimum atomic E-state index is 0.282. The Bertz CT molecular complexity index is 191. The van der Waals surface area contributed by atoms with Crippen molar-refractivity contribution >= 4 is 5.71 Å². The molecule has 0 amide bonds. The average Bonchev–Trinajstić information content (AvgIpc) is 2.11. The van der Waals surface area contributed by atoms with Crippen LogP contribution in [0.1, 0.15) is 27.7 Å². The lowest BCUT2D eigenvalue weighted by Gasteiger charge is -2.20. The fraction of sp³-hybridized carbons (Fsp3) is 0.667. The fourth-order valence-electron chi connectivity index (χ4n) is 1.36. The van der Waals surface area contributed by atoms with Crippen molar-refractivity contribution in [3.63, 3.8) is 0 Å². The molecule has 0 aromatic rings. The maximum absolute atomic E-state index is 4.31. The SMILES string of the molecule is CC1=NCC=C1C(C)(C)C. The number of hydrogen-bond donors (Lipinski definition) is 0. The van der Waals surface area contributed by atoms with E-state index in [1.165, 1.54) is 11.3 Å². The van der Waals surface area contributed by atoms with Gasteiger partial charge in [0.2, 0.25) is 0 Å². The van der Waals surface area contributed by atoms with Crippen LogP contribution in [-0.2, 0) is 0 Å². The summed E-state index contributed by atoms with van der Waals surface area (Å²) in [7, 11) is 0. The third kappa shape index (κ3) is 1.28. The van der Waals surface area contributed by atoms with Gasteiger partial charge in [-0.05, 0) is 17.9 Å². The van der Waals surface area contributed by atoms with Crippen LogP contribution >= 0.6 is 0 Å². The van der Waals surface area contributed by atoms with E-state index in [-0.39, 0.29) is 5.41 Å². The minimum absolute atomic E-state index is 0.282. The largest absolute Gasteiger partial charge is 0.286 e. The smallest absolute Gasteiger partial charge is 0.0580 e. The molecule has 0 fully saturated rings. The molecule has 10 heavy (non-hydrogen) atoms. The number of hydrogen-bond acceptors (Lipinski definition) is 1. The molecule has 0 saturated heterocycles. The van der Waals surface area contributed by atoms with E-state index in [0.29, 0.717) is 0 Å². The van der Waals surface area contributed by atoms with Crippen molar-refractivity contribution < 1.29 is 0 Å². The Labute approximate surface area is 62.9 Å². The van der Waals surface area contributed by atoms with Crippen molar-refractivity contribution in [2.75, 3.05) is 6.54 Å². The van der Waals surface area contributed by atoms with Gasteiger partial charge in [0.25, 0.3) is 0 Å². The molecule has 0 aliphatic carbocycles. The molecule has 0 spiro atoms. The molecule has 1 heteroatoms. The fourth-order valence-corrected chi connectivity index (χ4v) is 1.36. The van der Waals surface area contributed by atoms with Crippen molar-refractivity contribution in [3.8, 4) is 0 Å². The van der Waals surface area contributed by atoms with Gasteiger partial charge in [-0.3, -0.25) is 4.99 Å². The summed E-state index contributed by atoms with van der Waals surface area (Å²) < 4.78 is 0. The van der Waals surface area contributed by atoms with Crippen molar-refractivity contribution in [1.29, 1.82) is 0 Å². The highest BCUT2D eigenvalue weighted by Crippen LogP contribution is 2.28. The predicted molar refractivity (Wildman–Crippen MR) is 45.5 cm³/mol. The molecule has 1 rings (SSSR count). The second-order valence-electron chi connectivity index (χ2n) is 3.79. The van der Waals surface area contributed by atoms with Crippen LogP contribution in [0, 0.1) is 5.41 Å². The lowest BCUT2D eigenvalue weighted by molar-refractivity contribution is 0.525. The monoisotopic (exact) mass is 137 g/mol. The standard InChI is InChI=1S/C9H15N/c1-7-8(5-6-10-7)9(2,3)4/h5H,6H2,1-4H3. The first-order chi connectivity index (χ1) is 4.52. The van der Waals surface area contributed by atoms with E-state index in [4.69, 9.17) is 0 Å². The molecular weight excluding hydrogens is 122 g/mol. The molecule has 0 bridgehead atoms. The summed E-state index contributed by atoms with van der Waals surface area (Å²) in [4.78, 5) is 4.31. The van der Waals surface area contributed by atoms with Crippen LogP contribution in [0.4, 0.5) is 0 Å². The summed E-state index contributed by atoms with van der Waals surface area (Å²) in [6, 6.07) is 0. The molecule has 56 valence electrons. The third-order valence-electron chi connectivity index (χ3n) is 1.82. The number of allylic oxidation sites excluding steroid dienone is 1. The Morgan fingerprint density at radius 3 is 2.20 bits per heavy atom. The van der Waals surface area contributed by atoms with Gasteiger partial charge >= 0.3 is 0 Å². The Morgan fingerprint density at radius 1 is 1.40 bits per heavy atom. The molecule has 0 unspecified atom stereocenters. The number of nitrogens with zero attached hydrogens (tertiary/aromatic N) is 1. The maximum Gasteiger partial charge on any atom is 0.0580 e. The van der Waals surface area contributed by atoms with Gasteiger partial charge in [0.05, 0.1) is 6.54 Å². The van der Waals surface area contributed by atoms with Crippen molar-refractivity contribution in [3.05, 3.63) is 11.6 Å². The normalized spacial score (nSPS) is 18.8. The van der Waals surface area contributed by atoms with Crippen LogP contribution in [0.3, 0.4) is 0 Å².